The van der Waals surface area contributed by atoms with Crippen LogP contribution < -0.4 is 10.6 Å². The second-order valence-electron chi connectivity index (χ2n) is 6.48. The number of rotatable bonds is 6. The summed E-state index contributed by atoms with van der Waals surface area (Å²) in [6, 6.07) is 17.9. The molecule has 0 bridgehead atoms. The largest absolute Gasteiger partial charge is 0.376 e. The van der Waals surface area contributed by atoms with Crippen molar-refractivity contribution in [3.8, 4) is 11.4 Å². The highest BCUT2D eigenvalue weighted by atomic mass is 19.1. The van der Waals surface area contributed by atoms with Gasteiger partial charge in [-0.1, -0.05) is 36.4 Å². The molecule has 1 saturated heterocycles. The summed E-state index contributed by atoms with van der Waals surface area (Å²) in [6.07, 6.45) is 2.36. The number of ether oxygens (including phenoxy) is 1. The van der Waals surface area contributed by atoms with Gasteiger partial charge in [0.2, 0.25) is 0 Å². The molecule has 0 aliphatic carbocycles. The van der Waals surface area contributed by atoms with E-state index in [2.05, 4.69) is 20.6 Å². The van der Waals surface area contributed by atoms with E-state index < -0.39 is 0 Å². The maximum atomic E-state index is 13.5. The highest BCUT2D eigenvalue weighted by molar-refractivity contribution is 5.65. The van der Waals surface area contributed by atoms with E-state index in [0.29, 0.717) is 29.7 Å². The van der Waals surface area contributed by atoms with E-state index in [1.165, 1.54) is 12.1 Å². The molecule has 1 atom stereocenters. The normalized spacial score (nSPS) is 16.3. The molecule has 5 nitrogen and oxygen atoms in total. The summed E-state index contributed by atoms with van der Waals surface area (Å²) in [4.78, 5) is 9.22. The molecule has 2 N–H and O–H groups in total. The summed E-state index contributed by atoms with van der Waals surface area (Å²) in [7, 11) is 0. The van der Waals surface area contributed by atoms with Crippen molar-refractivity contribution in [2.45, 2.75) is 18.9 Å². The molecule has 2 heterocycles. The zero-order valence-electron chi connectivity index (χ0n) is 14.9. The molecule has 27 heavy (non-hydrogen) atoms. The molecular weight excluding hydrogens is 343 g/mol. The van der Waals surface area contributed by atoms with Gasteiger partial charge >= 0.3 is 0 Å². The van der Waals surface area contributed by atoms with Crippen LogP contribution in [0.3, 0.4) is 0 Å². The van der Waals surface area contributed by atoms with Gasteiger partial charge in [-0.25, -0.2) is 14.4 Å². The minimum Gasteiger partial charge on any atom is -0.376 e. The van der Waals surface area contributed by atoms with Gasteiger partial charge in [0.25, 0.3) is 0 Å². The van der Waals surface area contributed by atoms with Gasteiger partial charge in [0.05, 0.1) is 6.10 Å². The third-order valence-corrected chi connectivity index (χ3v) is 4.39. The van der Waals surface area contributed by atoms with Crippen molar-refractivity contribution in [1.29, 1.82) is 0 Å². The first-order valence-corrected chi connectivity index (χ1v) is 9.09. The lowest BCUT2D eigenvalue weighted by molar-refractivity contribution is 0.120. The third-order valence-electron chi connectivity index (χ3n) is 4.39. The first-order valence-electron chi connectivity index (χ1n) is 9.09. The summed E-state index contributed by atoms with van der Waals surface area (Å²) in [5.41, 5.74) is 1.55. The maximum absolute atomic E-state index is 13.5. The Morgan fingerprint density at radius 3 is 2.63 bits per heavy atom. The lowest BCUT2D eigenvalue weighted by Gasteiger charge is -2.14. The Balaban J connectivity index is 1.61. The van der Waals surface area contributed by atoms with Gasteiger partial charge in [-0.05, 0) is 31.0 Å². The second kappa shape index (κ2) is 8.14. The molecule has 1 unspecified atom stereocenters. The minimum absolute atomic E-state index is 0.208. The SMILES string of the molecule is Fc1cccc(Nc2cc(NCC3CCCO3)nc(-c3ccccc3)n2)c1. The van der Waals surface area contributed by atoms with Crippen LogP contribution >= 0.6 is 0 Å². The van der Waals surface area contributed by atoms with Crippen molar-refractivity contribution >= 4 is 17.3 Å². The zero-order valence-corrected chi connectivity index (χ0v) is 14.9. The number of anilines is 3. The van der Waals surface area contributed by atoms with Gasteiger partial charge < -0.3 is 15.4 Å². The van der Waals surface area contributed by atoms with Crippen molar-refractivity contribution in [3.05, 3.63) is 66.5 Å². The van der Waals surface area contributed by atoms with E-state index in [1.54, 1.807) is 12.1 Å². The monoisotopic (exact) mass is 364 g/mol. The molecule has 0 saturated carbocycles. The van der Waals surface area contributed by atoms with E-state index in [0.717, 1.165) is 25.0 Å². The molecule has 4 rings (SSSR count). The number of hydrogen-bond donors (Lipinski definition) is 2. The quantitative estimate of drug-likeness (QED) is 0.668. The van der Waals surface area contributed by atoms with Crippen molar-refractivity contribution in [1.82, 2.24) is 9.97 Å². The number of aromatic nitrogens is 2. The second-order valence-corrected chi connectivity index (χ2v) is 6.48. The van der Waals surface area contributed by atoms with E-state index in [-0.39, 0.29) is 11.9 Å². The molecule has 0 amide bonds. The van der Waals surface area contributed by atoms with Crippen molar-refractivity contribution in [2.24, 2.45) is 0 Å². The number of halogens is 1. The van der Waals surface area contributed by atoms with Crippen LogP contribution in [0, 0.1) is 5.82 Å². The van der Waals surface area contributed by atoms with Crippen LogP contribution in [0.4, 0.5) is 21.7 Å². The molecule has 6 heteroatoms. The minimum atomic E-state index is -0.297. The average molecular weight is 364 g/mol. The number of nitrogens with one attached hydrogen (secondary N) is 2. The number of benzene rings is 2. The smallest absolute Gasteiger partial charge is 0.163 e. The molecular formula is C21H21FN4O. The Kier molecular flexibility index (Phi) is 5.25. The van der Waals surface area contributed by atoms with Gasteiger partial charge in [0.15, 0.2) is 5.82 Å². The summed E-state index contributed by atoms with van der Waals surface area (Å²) < 4.78 is 19.2. The molecule has 138 valence electrons. The fraction of sp³-hybridized carbons (Fsp3) is 0.238. The first kappa shape index (κ1) is 17.4. The van der Waals surface area contributed by atoms with Crippen LogP contribution in [0.15, 0.2) is 60.7 Å². The van der Waals surface area contributed by atoms with Gasteiger partial charge in [-0.15, -0.1) is 0 Å². The Hall–Kier alpha value is -2.99. The van der Waals surface area contributed by atoms with Crippen LogP contribution in [0.25, 0.3) is 11.4 Å². The van der Waals surface area contributed by atoms with E-state index in [4.69, 9.17) is 4.74 Å². The summed E-state index contributed by atoms with van der Waals surface area (Å²) in [5, 5.41) is 6.51. The van der Waals surface area contributed by atoms with Crippen LogP contribution in [0.1, 0.15) is 12.8 Å². The topological polar surface area (TPSA) is 59.1 Å². The molecule has 1 fully saturated rings. The standard InChI is InChI=1S/C21H21FN4O/c22-16-8-4-9-17(12-16)24-20-13-19(23-14-18-10-5-11-27-18)25-21(26-20)15-6-2-1-3-7-15/h1-4,6-9,12-13,18H,5,10-11,14H2,(H2,23,24,25,26). The molecule has 0 spiro atoms. The van der Waals surface area contributed by atoms with Crippen LogP contribution in [-0.2, 0) is 4.74 Å². The summed E-state index contributed by atoms with van der Waals surface area (Å²) in [6.45, 7) is 1.52. The van der Waals surface area contributed by atoms with Crippen molar-refractivity contribution < 1.29 is 9.13 Å². The van der Waals surface area contributed by atoms with E-state index in [9.17, 15) is 4.39 Å². The average Bonchev–Trinajstić information content (AvgIpc) is 3.21. The fourth-order valence-electron chi connectivity index (χ4n) is 3.06. The first-order chi connectivity index (χ1) is 13.3. The molecule has 1 aliphatic heterocycles. The highest BCUT2D eigenvalue weighted by Gasteiger charge is 2.16. The number of nitrogens with zero attached hydrogens (tertiary/aromatic N) is 2. The van der Waals surface area contributed by atoms with Gasteiger partial charge in [-0.2, -0.15) is 0 Å². The maximum Gasteiger partial charge on any atom is 0.163 e. The molecule has 1 aliphatic rings. The molecule has 0 radical (unpaired) electrons. The van der Waals surface area contributed by atoms with Crippen LogP contribution in [0.5, 0.6) is 0 Å². The molecule has 3 aromatic rings. The summed E-state index contributed by atoms with van der Waals surface area (Å²) in [5.74, 6) is 1.61. The Bertz CT molecular complexity index is 898. The third kappa shape index (κ3) is 4.60. The van der Waals surface area contributed by atoms with E-state index in [1.807, 2.05) is 36.4 Å². The number of hydrogen-bond acceptors (Lipinski definition) is 5. The Morgan fingerprint density at radius 1 is 1.00 bits per heavy atom. The lowest BCUT2D eigenvalue weighted by Crippen LogP contribution is -2.19. The van der Waals surface area contributed by atoms with E-state index >= 15 is 0 Å². The van der Waals surface area contributed by atoms with Crippen LogP contribution in [0.2, 0.25) is 0 Å². The van der Waals surface area contributed by atoms with Gasteiger partial charge in [0, 0.05) is 30.5 Å². The van der Waals surface area contributed by atoms with Gasteiger partial charge in [0.1, 0.15) is 17.5 Å². The lowest BCUT2D eigenvalue weighted by atomic mass is 10.2. The Labute approximate surface area is 157 Å². The van der Waals surface area contributed by atoms with Gasteiger partial charge in [-0.3, -0.25) is 0 Å². The van der Waals surface area contributed by atoms with Crippen molar-refractivity contribution in [3.63, 3.8) is 0 Å². The Morgan fingerprint density at radius 2 is 1.85 bits per heavy atom. The predicted molar refractivity (Wildman–Crippen MR) is 105 cm³/mol. The fourth-order valence-corrected chi connectivity index (χ4v) is 3.06. The molecule has 2 aromatic carbocycles. The van der Waals surface area contributed by atoms with Crippen molar-refractivity contribution in [2.75, 3.05) is 23.8 Å². The van der Waals surface area contributed by atoms with Crippen LogP contribution in [-0.4, -0.2) is 29.2 Å². The molecule has 1 aromatic heterocycles. The zero-order chi connectivity index (χ0) is 18.5. The summed E-state index contributed by atoms with van der Waals surface area (Å²) >= 11 is 0. The predicted octanol–water partition coefficient (Wildman–Crippen LogP) is 4.62. The highest BCUT2D eigenvalue weighted by Crippen LogP contribution is 2.23.